The van der Waals surface area contributed by atoms with Gasteiger partial charge in [0.25, 0.3) is 5.91 Å². The number of rotatable bonds is 6. The molecule has 0 bridgehead atoms. The Hall–Kier alpha value is -2.17. The highest BCUT2D eigenvalue weighted by Crippen LogP contribution is 2.16. The summed E-state index contributed by atoms with van der Waals surface area (Å²) in [6, 6.07) is 7.12. The fraction of sp³-hybridized carbons (Fsp3) is 0.471. The van der Waals surface area contributed by atoms with Gasteiger partial charge in [-0.25, -0.2) is 0 Å². The number of carbonyl (C=O) groups excluding carboxylic acids is 3. The Morgan fingerprint density at radius 2 is 1.73 bits per heavy atom. The molecule has 0 aromatic heterocycles. The highest BCUT2D eigenvalue weighted by molar-refractivity contribution is 6.01. The fourth-order valence-corrected chi connectivity index (χ4v) is 2.45. The van der Waals surface area contributed by atoms with Gasteiger partial charge in [-0.1, -0.05) is 25.5 Å². The third-order valence-electron chi connectivity index (χ3n) is 3.89. The van der Waals surface area contributed by atoms with Crippen molar-refractivity contribution in [3.63, 3.8) is 0 Å². The summed E-state index contributed by atoms with van der Waals surface area (Å²) in [6.07, 6.45) is 2.64. The Bertz CT molecular complexity index is 550. The maximum atomic E-state index is 12.2. The molecule has 0 aliphatic carbocycles. The zero-order valence-electron chi connectivity index (χ0n) is 13.2. The number of hydrogen-bond donors (Lipinski definition) is 0. The number of carbonyl (C=O) groups is 3. The maximum absolute atomic E-state index is 12.2. The van der Waals surface area contributed by atoms with Crippen LogP contribution in [0.2, 0.25) is 0 Å². The Labute approximate surface area is 130 Å². The topological polar surface area (TPSA) is 57.7 Å². The van der Waals surface area contributed by atoms with Gasteiger partial charge in [-0.3, -0.25) is 19.3 Å². The molecule has 1 aliphatic heterocycles. The van der Waals surface area contributed by atoms with Crippen LogP contribution < -0.4 is 0 Å². The summed E-state index contributed by atoms with van der Waals surface area (Å²) < 4.78 is 0. The van der Waals surface area contributed by atoms with Gasteiger partial charge in [0.15, 0.2) is 0 Å². The van der Waals surface area contributed by atoms with Crippen LogP contribution in [0.1, 0.15) is 48.5 Å². The summed E-state index contributed by atoms with van der Waals surface area (Å²) in [6.45, 7) is 3.12. The van der Waals surface area contributed by atoms with Crippen LogP contribution >= 0.6 is 0 Å². The predicted octanol–water partition coefficient (Wildman–Crippen LogP) is 2.21. The lowest BCUT2D eigenvalue weighted by atomic mass is 10.1. The zero-order chi connectivity index (χ0) is 16.1. The molecule has 0 saturated carbocycles. The highest BCUT2D eigenvalue weighted by Gasteiger charge is 2.28. The quantitative estimate of drug-likeness (QED) is 0.757. The number of imide groups is 1. The van der Waals surface area contributed by atoms with E-state index in [2.05, 4.69) is 6.92 Å². The van der Waals surface area contributed by atoms with E-state index in [0.717, 1.165) is 24.9 Å². The molecule has 1 aliphatic rings. The first-order valence-electron chi connectivity index (χ1n) is 7.70. The van der Waals surface area contributed by atoms with Crippen LogP contribution in [0.25, 0.3) is 0 Å². The van der Waals surface area contributed by atoms with E-state index in [-0.39, 0.29) is 24.3 Å². The van der Waals surface area contributed by atoms with Crippen LogP contribution in [0.5, 0.6) is 0 Å². The van der Waals surface area contributed by atoms with E-state index in [1.807, 2.05) is 0 Å². The largest absolute Gasteiger partial charge is 0.342 e. The first-order chi connectivity index (χ1) is 10.5. The van der Waals surface area contributed by atoms with Crippen LogP contribution in [0.4, 0.5) is 0 Å². The molecule has 3 amide bonds. The molecule has 2 rings (SSSR count). The van der Waals surface area contributed by atoms with E-state index in [1.54, 1.807) is 36.2 Å². The summed E-state index contributed by atoms with van der Waals surface area (Å²) in [7, 11) is 1.80. The lowest BCUT2D eigenvalue weighted by molar-refractivity contribution is -0.139. The van der Waals surface area contributed by atoms with Gasteiger partial charge >= 0.3 is 0 Å². The fourth-order valence-electron chi connectivity index (χ4n) is 2.45. The van der Waals surface area contributed by atoms with Crippen molar-refractivity contribution in [1.82, 2.24) is 9.80 Å². The Kier molecular flexibility index (Phi) is 5.31. The number of benzene rings is 1. The van der Waals surface area contributed by atoms with Crippen LogP contribution in [0, 0.1) is 0 Å². The van der Waals surface area contributed by atoms with Gasteiger partial charge in [0, 0.05) is 32.0 Å². The van der Waals surface area contributed by atoms with Crippen LogP contribution in [-0.2, 0) is 16.1 Å². The molecule has 0 spiro atoms. The number of hydrogen-bond acceptors (Lipinski definition) is 3. The second-order valence-corrected chi connectivity index (χ2v) is 5.65. The average molecular weight is 302 g/mol. The second-order valence-electron chi connectivity index (χ2n) is 5.65. The van der Waals surface area contributed by atoms with Crippen molar-refractivity contribution >= 4 is 17.7 Å². The summed E-state index contributed by atoms with van der Waals surface area (Å²) in [5, 5.41) is 0. The van der Waals surface area contributed by atoms with Crippen LogP contribution in [0.3, 0.4) is 0 Å². The lowest BCUT2D eigenvalue weighted by Crippen LogP contribution is -2.29. The highest BCUT2D eigenvalue weighted by atomic mass is 16.2. The first-order valence-corrected chi connectivity index (χ1v) is 7.70. The van der Waals surface area contributed by atoms with E-state index < -0.39 is 0 Å². The Balaban J connectivity index is 1.99. The summed E-state index contributed by atoms with van der Waals surface area (Å²) >= 11 is 0. The van der Waals surface area contributed by atoms with E-state index in [9.17, 15) is 14.4 Å². The molecule has 0 unspecified atom stereocenters. The molecule has 118 valence electrons. The molecule has 0 radical (unpaired) electrons. The van der Waals surface area contributed by atoms with Gasteiger partial charge in [0.05, 0.1) is 6.54 Å². The molecule has 1 saturated heterocycles. The molecule has 0 N–H and O–H groups in total. The molecule has 1 heterocycles. The minimum atomic E-state index is -0.121. The maximum Gasteiger partial charge on any atom is 0.253 e. The monoisotopic (exact) mass is 302 g/mol. The smallest absolute Gasteiger partial charge is 0.253 e. The number of nitrogens with zero attached hydrogens (tertiary/aromatic N) is 2. The molecular weight excluding hydrogens is 280 g/mol. The van der Waals surface area contributed by atoms with Gasteiger partial charge < -0.3 is 4.90 Å². The van der Waals surface area contributed by atoms with Gasteiger partial charge in [-0.05, 0) is 24.1 Å². The molecule has 1 aromatic carbocycles. The van der Waals surface area contributed by atoms with E-state index in [4.69, 9.17) is 0 Å². The molecular formula is C17H22N2O3. The van der Waals surface area contributed by atoms with Crippen molar-refractivity contribution in [2.75, 3.05) is 13.6 Å². The van der Waals surface area contributed by atoms with Gasteiger partial charge in [-0.15, -0.1) is 0 Å². The molecule has 22 heavy (non-hydrogen) atoms. The van der Waals surface area contributed by atoms with E-state index >= 15 is 0 Å². The Morgan fingerprint density at radius 3 is 2.27 bits per heavy atom. The number of unbranched alkanes of at least 4 members (excludes halogenated alkanes) is 1. The number of likely N-dealkylation sites (tertiary alicyclic amines) is 1. The second kappa shape index (κ2) is 7.20. The van der Waals surface area contributed by atoms with Crippen molar-refractivity contribution < 1.29 is 14.4 Å². The van der Waals surface area contributed by atoms with E-state index in [1.165, 1.54) is 4.90 Å². The standard InChI is InChI=1S/C17H22N2O3/c1-3-4-11-18(2)17(22)14-7-5-13(6-8-14)12-19-15(20)9-10-16(19)21/h5-8H,3-4,9-12H2,1-2H3. The third kappa shape index (κ3) is 3.72. The number of amides is 3. The van der Waals surface area contributed by atoms with Crippen molar-refractivity contribution in [2.24, 2.45) is 0 Å². The predicted molar refractivity (Wildman–Crippen MR) is 83.1 cm³/mol. The first kappa shape index (κ1) is 16.2. The van der Waals surface area contributed by atoms with Crippen LogP contribution in [0.15, 0.2) is 24.3 Å². The molecule has 5 heteroatoms. The van der Waals surface area contributed by atoms with Gasteiger partial charge in [-0.2, -0.15) is 0 Å². The van der Waals surface area contributed by atoms with Crippen molar-refractivity contribution in [3.05, 3.63) is 35.4 Å². The normalized spacial score (nSPS) is 14.5. The van der Waals surface area contributed by atoms with Gasteiger partial charge in [0.1, 0.15) is 0 Å². The molecule has 1 aromatic rings. The summed E-state index contributed by atoms with van der Waals surface area (Å²) in [5.74, 6) is -0.248. The molecule has 1 fully saturated rings. The summed E-state index contributed by atoms with van der Waals surface area (Å²) in [5.41, 5.74) is 1.48. The third-order valence-corrected chi connectivity index (χ3v) is 3.89. The van der Waals surface area contributed by atoms with Crippen molar-refractivity contribution in [1.29, 1.82) is 0 Å². The SMILES string of the molecule is CCCCN(C)C(=O)c1ccc(CN2C(=O)CCC2=O)cc1. The zero-order valence-corrected chi connectivity index (χ0v) is 13.2. The van der Waals surface area contributed by atoms with Crippen molar-refractivity contribution in [2.45, 2.75) is 39.2 Å². The van der Waals surface area contributed by atoms with Crippen LogP contribution in [-0.4, -0.2) is 41.1 Å². The minimum Gasteiger partial charge on any atom is -0.342 e. The molecule has 0 atom stereocenters. The Morgan fingerprint density at radius 1 is 1.14 bits per heavy atom. The molecule has 5 nitrogen and oxygen atoms in total. The summed E-state index contributed by atoms with van der Waals surface area (Å²) in [4.78, 5) is 38.4. The lowest BCUT2D eigenvalue weighted by Gasteiger charge is -2.17. The average Bonchev–Trinajstić information content (AvgIpc) is 2.84. The minimum absolute atomic E-state index is 0.00618. The van der Waals surface area contributed by atoms with Gasteiger partial charge in [0.2, 0.25) is 11.8 Å². The van der Waals surface area contributed by atoms with Crippen molar-refractivity contribution in [3.8, 4) is 0 Å². The van der Waals surface area contributed by atoms with E-state index in [0.29, 0.717) is 18.4 Å².